The predicted octanol–water partition coefficient (Wildman–Crippen LogP) is 5.53. The van der Waals surface area contributed by atoms with Crippen LogP contribution in [0.1, 0.15) is 52.7 Å². The minimum atomic E-state index is -0.0666. The Morgan fingerprint density at radius 2 is 2.04 bits per heavy atom. The van der Waals surface area contributed by atoms with Gasteiger partial charge in [0.25, 0.3) is 0 Å². The number of anilines is 1. The van der Waals surface area contributed by atoms with Crippen molar-refractivity contribution < 1.29 is 4.74 Å². The van der Waals surface area contributed by atoms with Crippen molar-refractivity contribution in [3.63, 3.8) is 0 Å². The van der Waals surface area contributed by atoms with E-state index < -0.39 is 0 Å². The second kappa shape index (κ2) is 7.69. The Morgan fingerprint density at radius 3 is 2.71 bits per heavy atom. The SMILES string of the molecule is C=C(CCCC)C(C)(C)COc1cccc2nc(CC)cc(N)c12. The molecule has 0 atom stereocenters. The Morgan fingerprint density at radius 1 is 1.29 bits per heavy atom. The van der Waals surface area contributed by atoms with Crippen LogP contribution in [0.15, 0.2) is 36.4 Å². The molecule has 0 amide bonds. The van der Waals surface area contributed by atoms with Crippen LogP contribution in [0.4, 0.5) is 5.69 Å². The molecule has 0 spiro atoms. The first kappa shape index (κ1) is 18.3. The lowest BCUT2D eigenvalue weighted by Gasteiger charge is -2.28. The number of aryl methyl sites for hydroxylation is 1. The summed E-state index contributed by atoms with van der Waals surface area (Å²) < 4.78 is 6.16. The molecule has 0 aliphatic carbocycles. The van der Waals surface area contributed by atoms with Crippen LogP contribution in [0.25, 0.3) is 10.9 Å². The van der Waals surface area contributed by atoms with Gasteiger partial charge in [-0.2, -0.15) is 0 Å². The highest BCUT2D eigenvalue weighted by Crippen LogP contribution is 2.34. The first-order valence-corrected chi connectivity index (χ1v) is 8.88. The molecule has 0 aliphatic rings. The number of nitrogen functional groups attached to an aromatic ring is 1. The molecule has 2 rings (SSSR count). The minimum Gasteiger partial charge on any atom is -0.492 e. The Hall–Kier alpha value is -2.03. The van der Waals surface area contributed by atoms with E-state index >= 15 is 0 Å². The third kappa shape index (κ3) is 4.08. The van der Waals surface area contributed by atoms with Gasteiger partial charge in [0.15, 0.2) is 0 Å². The van der Waals surface area contributed by atoms with Gasteiger partial charge >= 0.3 is 0 Å². The fraction of sp³-hybridized carbons (Fsp3) is 0.476. The molecule has 0 radical (unpaired) electrons. The van der Waals surface area contributed by atoms with E-state index in [9.17, 15) is 0 Å². The number of nitrogens with two attached hydrogens (primary N) is 1. The maximum Gasteiger partial charge on any atom is 0.130 e. The highest BCUT2D eigenvalue weighted by molar-refractivity contribution is 5.95. The largest absolute Gasteiger partial charge is 0.492 e. The van der Waals surface area contributed by atoms with E-state index in [1.807, 2.05) is 24.3 Å². The second-order valence-electron chi connectivity index (χ2n) is 7.09. The topological polar surface area (TPSA) is 48.1 Å². The Labute approximate surface area is 145 Å². The fourth-order valence-corrected chi connectivity index (χ4v) is 2.73. The lowest BCUT2D eigenvalue weighted by molar-refractivity contribution is 0.210. The van der Waals surface area contributed by atoms with Crippen molar-refractivity contribution in [1.29, 1.82) is 0 Å². The molecule has 0 unspecified atom stereocenters. The van der Waals surface area contributed by atoms with Crippen LogP contribution in [-0.2, 0) is 6.42 Å². The first-order chi connectivity index (χ1) is 11.4. The third-order valence-corrected chi connectivity index (χ3v) is 4.62. The van der Waals surface area contributed by atoms with Crippen LogP contribution < -0.4 is 10.5 Å². The minimum absolute atomic E-state index is 0.0666. The summed E-state index contributed by atoms with van der Waals surface area (Å²) in [6.45, 7) is 13.5. The Balaban J connectivity index is 2.23. The molecule has 0 fully saturated rings. The van der Waals surface area contributed by atoms with Crippen molar-refractivity contribution in [3.05, 3.63) is 42.1 Å². The zero-order valence-electron chi connectivity index (χ0n) is 15.5. The van der Waals surface area contributed by atoms with E-state index in [2.05, 4.69) is 39.3 Å². The van der Waals surface area contributed by atoms with Gasteiger partial charge in [-0.05, 0) is 37.5 Å². The smallest absolute Gasteiger partial charge is 0.130 e. The summed E-state index contributed by atoms with van der Waals surface area (Å²) in [6, 6.07) is 7.88. The van der Waals surface area contributed by atoms with Crippen LogP contribution in [0.3, 0.4) is 0 Å². The quantitative estimate of drug-likeness (QED) is 0.649. The maximum absolute atomic E-state index is 6.26. The van der Waals surface area contributed by atoms with Crippen molar-refractivity contribution >= 4 is 16.6 Å². The molecule has 2 aromatic rings. The van der Waals surface area contributed by atoms with Crippen molar-refractivity contribution in [3.8, 4) is 5.75 Å². The molecule has 0 saturated heterocycles. The van der Waals surface area contributed by atoms with E-state index in [-0.39, 0.29) is 5.41 Å². The van der Waals surface area contributed by atoms with E-state index in [0.717, 1.165) is 40.9 Å². The van der Waals surface area contributed by atoms with Crippen LogP contribution in [0.2, 0.25) is 0 Å². The van der Waals surface area contributed by atoms with Gasteiger partial charge in [-0.3, -0.25) is 4.98 Å². The summed E-state index contributed by atoms with van der Waals surface area (Å²) in [5.41, 5.74) is 10.1. The Kier molecular flexibility index (Phi) is 5.87. The lowest BCUT2D eigenvalue weighted by atomic mass is 9.83. The molecule has 1 aromatic heterocycles. The summed E-state index contributed by atoms with van der Waals surface area (Å²) in [6.07, 6.45) is 4.27. The predicted molar refractivity (Wildman–Crippen MR) is 103 cm³/mol. The number of benzene rings is 1. The molecule has 2 N–H and O–H groups in total. The van der Waals surface area contributed by atoms with Gasteiger partial charge in [-0.1, -0.05) is 52.3 Å². The summed E-state index contributed by atoms with van der Waals surface area (Å²) >= 11 is 0. The molecule has 3 nitrogen and oxygen atoms in total. The number of unbranched alkanes of at least 4 members (excludes halogenated alkanes) is 1. The number of nitrogens with zero attached hydrogens (tertiary/aromatic N) is 1. The number of ether oxygens (including phenoxy) is 1. The van der Waals surface area contributed by atoms with Crippen LogP contribution in [0.5, 0.6) is 5.75 Å². The molecule has 0 bridgehead atoms. The highest BCUT2D eigenvalue weighted by Gasteiger charge is 2.23. The summed E-state index contributed by atoms with van der Waals surface area (Å²) in [7, 11) is 0. The summed E-state index contributed by atoms with van der Waals surface area (Å²) in [5, 5.41) is 0.907. The van der Waals surface area contributed by atoms with E-state index in [1.165, 1.54) is 18.4 Å². The molecular weight excluding hydrogens is 296 g/mol. The van der Waals surface area contributed by atoms with Crippen molar-refractivity contribution in [2.45, 2.75) is 53.4 Å². The number of aromatic nitrogens is 1. The molecule has 130 valence electrons. The standard InChI is InChI=1S/C21H30N2O/c1-6-8-10-15(3)21(4,5)14-24-19-12-9-11-18-20(19)17(22)13-16(7-2)23-18/h9,11-13H,3,6-8,10,14H2,1-2,4-5H3,(H2,22,23). The van der Waals surface area contributed by atoms with Gasteiger partial charge in [-0.15, -0.1) is 0 Å². The first-order valence-electron chi connectivity index (χ1n) is 8.88. The molecule has 0 saturated carbocycles. The van der Waals surface area contributed by atoms with Gasteiger partial charge in [0.05, 0.1) is 17.5 Å². The van der Waals surface area contributed by atoms with Gasteiger partial charge in [0.1, 0.15) is 5.75 Å². The average Bonchev–Trinajstić information content (AvgIpc) is 2.57. The van der Waals surface area contributed by atoms with Gasteiger partial charge in [0.2, 0.25) is 0 Å². The zero-order chi connectivity index (χ0) is 17.7. The van der Waals surface area contributed by atoms with Crippen molar-refractivity contribution in [2.24, 2.45) is 5.41 Å². The van der Waals surface area contributed by atoms with Crippen LogP contribution >= 0.6 is 0 Å². The lowest BCUT2D eigenvalue weighted by Crippen LogP contribution is -2.23. The summed E-state index contributed by atoms with van der Waals surface area (Å²) in [4.78, 5) is 4.66. The fourth-order valence-electron chi connectivity index (χ4n) is 2.73. The Bertz CT molecular complexity index is 719. The van der Waals surface area contributed by atoms with E-state index in [0.29, 0.717) is 6.61 Å². The third-order valence-electron chi connectivity index (χ3n) is 4.62. The molecule has 3 heteroatoms. The number of fused-ring (bicyclic) bond motifs is 1. The number of pyridine rings is 1. The molecular formula is C21H30N2O. The number of hydrogen-bond acceptors (Lipinski definition) is 3. The van der Waals surface area contributed by atoms with E-state index in [4.69, 9.17) is 10.5 Å². The molecule has 1 heterocycles. The van der Waals surface area contributed by atoms with Crippen molar-refractivity contribution in [1.82, 2.24) is 4.98 Å². The molecule has 24 heavy (non-hydrogen) atoms. The van der Waals surface area contributed by atoms with Crippen LogP contribution in [-0.4, -0.2) is 11.6 Å². The summed E-state index contributed by atoms with van der Waals surface area (Å²) in [5.74, 6) is 0.802. The number of hydrogen-bond donors (Lipinski definition) is 1. The average molecular weight is 326 g/mol. The van der Waals surface area contributed by atoms with Gasteiger partial charge in [0, 0.05) is 16.8 Å². The highest BCUT2D eigenvalue weighted by atomic mass is 16.5. The second-order valence-corrected chi connectivity index (χ2v) is 7.09. The number of rotatable bonds is 8. The van der Waals surface area contributed by atoms with E-state index in [1.54, 1.807) is 0 Å². The maximum atomic E-state index is 6.26. The molecule has 0 aliphatic heterocycles. The molecule has 1 aromatic carbocycles. The van der Waals surface area contributed by atoms with Gasteiger partial charge < -0.3 is 10.5 Å². The zero-order valence-corrected chi connectivity index (χ0v) is 15.5. The van der Waals surface area contributed by atoms with Gasteiger partial charge in [-0.25, -0.2) is 0 Å². The van der Waals surface area contributed by atoms with Crippen molar-refractivity contribution in [2.75, 3.05) is 12.3 Å². The monoisotopic (exact) mass is 326 g/mol. The van der Waals surface area contributed by atoms with Crippen LogP contribution in [0, 0.1) is 5.41 Å². The normalized spacial score (nSPS) is 11.7.